The van der Waals surface area contributed by atoms with Crippen LogP contribution < -0.4 is 16.0 Å². The Kier molecular flexibility index (Phi) is 5.74. The molecule has 2 aromatic carbocycles. The number of nitrogens with zero attached hydrogens (tertiary/aromatic N) is 2. The van der Waals surface area contributed by atoms with Crippen molar-refractivity contribution in [2.45, 2.75) is 13.3 Å². The Hall–Kier alpha value is -2.96. The molecule has 0 spiro atoms. The van der Waals surface area contributed by atoms with Crippen LogP contribution in [0.4, 0.5) is 5.69 Å². The van der Waals surface area contributed by atoms with Crippen LogP contribution in [0.2, 0.25) is 0 Å². The molecule has 1 saturated heterocycles. The summed E-state index contributed by atoms with van der Waals surface area (Å²) in [5.74, 6) is -0.0315. The molecule has 29 heavy (non-hydrogen) atoms. The highest BCUT2D eigenvalue weighted by Gasteiger charge is 2.18. The van der Waals surface area contributed by atoms with Gasteiger partial charge in [-0.3, -0.25) is 10.2 Å². The third-order valence-corrected chi connectivity index (χ3v) is 5.37. The van der Waals surface area contributed by atoms with Gasteiger partial charge in [0.15, 0.2) is 5.78 Å². The number of hydrogen-bond donors (Lipinski definition) is 1. The molecule has 0 unspecified atom stereocenters. The number of hydrazine groups is 1. The summed E-state index contributed by atoms with van der Waals surface area (Å²) in [5.41, 5.74) is 6.34. The number of piperazine rings is 1. The Bertz CT molecular complexity index is 1070. The largest absolute Gasteiger partial charge is 0.422 e. The van der Waals surface area contributed by atoms with Gasteiger partial charge in [-0.1, -0.05) is 30.3 Å². The van der Waals surface area contributed by atoms with Crippen molar-refractivity contribution in [2.75, 3.05) is 37.6 Å². The van der Waals surface area contributed by atoms with Crippen LogP contribution in [0.3, 0.4) is 0 Å². The summed E-state index contributed by atoms with van der Waals surface area (Å²) < 4.78 is 5.26. The molecule has 1 aliphatic rings. The molecule has 6 nitrogen and oxygen atoms in total. The lowest BCUT2D eigenvalue weighted by molar-refractivity contribution is 0.0965. The van der Waals surface area contributed by atoms with Gasteiger partial charge >= 0.3 is 5.63 Å². The van der Waals surface area contributed by atoms with E-state index >= 15 is 0 Å². The lowest BCUT2D eigenvalue weighted by Crippen LogP contribution is -2.52. The van der Waals surface area contributed by atoms with Gasteiger partial charge < -0.3 is 9.32 Å². The molecule has 6 heteroatoms. The van der Waals surface area contributed by atoms with E-state index in [9.17, 15) is 9.59 Å². The number of hydrogen-bond acceptors (Lipinski definition) is 6. The predicted octanol–water partition coefficient (Wildman–Crippen LogP) is 3.00. The first kappa shape index (κ1) is 19.4. The molecule has 0 radical (unpaired) electrons. The molecule has 0 saturated carbocycles. The third-order valence-electron chi connectivity index (χ3n) is 5.37. The number of fused-ring (bicyclic) bond motifs is 1. The molecule has 1 N–H and O–H groups in total. The molecular weight excluding hydrogens is 366 g/mol. The van der Waals surface area contributed by atoms with E-state index < -0.39 is 5.63 Å². The lowest BCUT2D eigenvalue weighted by Gasteiger charge is -2.36. The molecule has 150 valence electrons. The maximum absolute atomic E-state index is 12.7. The first-order chi connectivity index (χ1) is 14.1. The van der Waals surface area contributed by atoms with Crippen LogP contribution in [-0.2, 0) is 0 Å². The molecule has 0 aliphatic carbocycles. The quantitative estimate of drug-likeness (QED) is 0.515. The second kappa shape index (κ2) is 8.59. The summed E-state index contributed by atoms with van der Waals surface area (Å²) in [6.07, 6.45) is 0.343. The van der Waals surface area contributed by atoms with Crippen molar-refractivity contribution < 1.29 is 9.21 Å². The fourth-order valence-corrected chi connectivity index (χ4v) is 3.80. The number of carbonyl (C=O) groups is 1. The number of para-hydroxylation sites is 2. The molecular formula is C23H25N3O3. The number of ketones is 1. The van der Waals surface area contributed by atoms with Crippen molar-refractivity contribution in [1.82, 2.24) is 10.4 Å². The van der Waals surface area contributed by atoms with Crippen LogP contribution in [0.1, 0.15) is 22.3 Å². The lowest BCUT2D eigenvalue weighted by atomic mass is 10.1. The molecule has 0 amide bonds. The zero-order chi connectivity index (χ0) is 20.2. The Balaban J connectivity index is 1.30. The van der Waals surface area contributed by atoms with Crippen LogP contribution in [0, 0.1) is 6.92 Å². The van der Waals surface area contributed by atoms with Gasteiger partial charge in [-0.25, -0.2) is 9.80 Å². The van der Waals surface area contributed by atoms with Crippen LogP contribution >= 0.6 is 0 Å². The normalized spacial score (nSPS) is 15.0. The monoisotopic (exact) mass is 391 g/mol. The topological polar surface area (TPSA) is 65.8 Å². The van der Waals surface area contributed by atoms with Crippen molar-refractivity contribution in [3.63, 3.8) is 0 Å². The van der Waals surface area contributed by atoms with Gasteiger partial charge in [0.2, 0.25) is 0 Å². The second-order valence-electron chi connectivity index (χ2n) is 7.32. The molecule has 1 fully saturated rings. The first-order valence-electron chi connectivity index (χ1n) is 9.97. The molecule has 1 aromatic heterocycles. The summed E-state index contributed by atoms with van der Waals surface area (Å²) in [7, 11) is 0. The summed E-state index contributed by atoms with van der Waals surface area (Å²) in [4.78, 5) is 26.6. The Morgan fingerprint density at radius 2 is 1.79 bits per heavy atom. The number of benzene rings is 2. The van der Waals surface area contributed by atoms with E-state index in [1.165, 1.54) is 17.3 Å². The zero-order valence-corrected chi connectivity index (χ0v) is 16.6. The average Bonchev–Trinajstić information content (AvgIpc) is 2.74. The fourth-order valence-electron chi connectivity index (χ4n) is 3.80. The van der Waals surface area contributed by atoms with E-state index in [0.29, 0.717) is 24.1 Å². The van der Waals surface area contributed by atoms with E-state index in [1.807, 2.05) is 12.1 Å². The van der Waals surface area contributed by atoms with E-state index in [4.69, 9.17) is 4.42 Å². The van der Waals surface area contributed by atoms with Gasteiger partial charge in [-0.05, 0) is 30.7 Å². The van der Waals surface area contributed by atoms with Crippen LogP contribution in [0.25, 0.3) is 11.0 Å². The van der Waals surface area contributed by atoms with Crippen LogP contribution in [0.15, 0.2) is 63.8 Å². The maximum Gasteiger partial charge on any atom is 0.336 e. The van der Waals surface area contributed by atoms with Crippen molar-refractivity contribution >= 4 is 22.4 Å². The van der Waals surface area contributed by atoms with Crippen molar-refractivity contribution in [1.29, 1.82) is 0 Å². The highest BCUT2D eigenvalue weighted by Crippen LogP contribution is 2.21. The Labute approximate surface area is 169 Å². The Morgan fingerprint density at radius 1 is 1.00 bits per heavy atom. The van der Waals surface area contributed by atoms with E-state index in [0.717, 1.165) is 31.6 Å². The smallest absolute Gasteiger partial charge is 0.336 e. The SMILES string of the molecule is Cc1ccccc1N1CCN(NCCC(=O)c2cccc3ccc(=O)oc23)CC1. The van der Waals surface area contributed by atoms with Gasteiger partial charge in [0, 0.05) is 56.3 Å². The van der Waals surface area contributed by atoms with Crippen molar-refractivity contribution in [3.8, 4) is 0 Å². The summed E-state index contributed by atoms with van der Waals surface area (Å²) >= 11 is 0. The number of Topliss-reactive ketones (excluding diaryl/α,β-unsaturated/α-hetero) is 1. The molecule has 3 aromatic rings. The van der Waals surface area contributed by atoms with E-state index in [2.05, 4.69) is 46.5 Å². The highest BCUT2D eigenvalue weighted by atomic mass is 16.4. The summed E-state index contributed by atoms with van der Waals surface area (Å²) in [6, 6.07) is 16.9. The number of anilines is 1. The van der Waals surface area contributed by atoms with Gasteiger partial charge in [-0.2, -0.15) is 0 Å². The predicted molar refractivity (Wildman–Crippen MR) is 114 cm³/mol. The number of aryl methyl sites for hydroxylation is 1. The highest BCUT2D eigenvalue weighted by molar-refractivity contribution is 6.05. The molecule has 0 atom stereocenters. The summed E-state index contributed by atoms with van der Waals surface area (Å²) in [5, 5.41) is 2.93. The minimum absolute atomic E-state index is 0.0315. The van der Waals surface area contributed by atoms with Gasteiger partial charge in [0.25, 0.3) is 0 Å². The molecule has 4 rings (SSSR count). The minimum Gasteiger partial charge on any atom is -0.422 e. The average molecular weight is 391 g/mol. The number of nitrogens with one attached hydrogen (secondary N) is 1. The van der Waals surface area contributed by atoms with Crippen LogP contribution in [-0.4, -0.2) is 43.5 Å². The molecule has 0 bridgehead atoms. The second-order valence-corrected chi connectivity index (χ2v) is 7.32. The molecule has 2 heterocycles. The van der Waals surface area contributed by atoms with Crippen molar-refractivity contribution in [2.24, 2.45) is 0 Å². The van der Waals surface area contributed by atoms with E-state index in [-0.39, 0.29) is 5.78 Å². The first-order valence-corrected chi connectivity index (χ1v) is 9.97. The number of carbonyl (C=O) groups excluding carboxylic acids is 1. The summed E-state index contributed by atoms with van der Waals surface area (Å²) in [6.45, 7) is 6.37. The fraction of sp³-hybridized carbons (Fsp3) is 0.304. The minimum atomic E-state index is -0.442. The van der Waals surface area contributed by atoms with E-state index in [1.54, 1.807) is 12.1 Å². The van der Waals surface area contributed by atoms with Gasteiger partial charge in [0.1, 0.15) is 5.58 Å². The standard InChI is InChI=1S/C23H25N3O3/c1-17-5-2-3-8-20(17)25-13-15-26(16-14-25)24-12-11-21(27)19-7-4-6-18-9-10-22(28)29-23(18)19/h2-10,24H,11-16H2,1H3. The van der Waals surface area contributed by atoms with Crippen molar-refractivity contribution in [3.05, 3.63) is 76.1 Å². The van der Waals surface area contributed by atoms with Gasteiger partial charge in [0.05, 0.1) is 5.56 Å². The molecule has 1 aliphatic heterocycles. The zero-order valence-electron chi connectivity index (χ0n) is 16.6. The number of rotatable bonds is 6. The van der Waals surface area contributed by atoms with Gasteiger partial charge in [-0.15, -0.1) is 0 Å². The van der Waals surface area contributed by atoms with Crippen LogP contribution in [0.5, 0.6) is 0 Å². The third kappa shape index (κ3) is 4.39. The Morgan fingerprint density at radius 3 is 2.59 bits per heavy atom. The maximum atomic E-state index is 12.7.